The zero-order valence-corrected chi connectivity index (χ0v) is 11.9. The average molecular weight is 267 g/mol. The van der Waals surface area contributed by atoms with Gasteiger partial charge in [0.1, 0.15) is 0 Å². The Kier molecular flexibility index (Phi) is 4.58. The molecule has 0 aromatic carbocycles. The molecule has 0 aliphatic carbocycles. The molecule has 18 heavy (non-hydrogen) atoms. The molecule has 1 aromatic heterocycles. The molecule has 1 atom stereocenters. The third-order valence-electron chi connectivity index (χ3n) is 3.32. The van der Waals surface area contributed by atoms with Gasteiger partial charge < -0.3 is 10.2 Å². The number of aryl methyl sites for hydroxylation is 1. The van der Waals surface area contributed by atoms with Crippen LogP contribution < -0.4 is 5.32 Å². The summed E-state index contributed by atoms with van der Waals surface area (Å²) in [7, 11) is 0. The summed E-state index contributed by atoms with van der Waals surface area (Å²) in [5, 5.41) is 6.21. The summed E-state index contributed by atoms with van der Waals surface area (Å²) in [5.74, 6) is 0.423. The van der Waals surface area contributed by atoms with Crippen LogP contribution in [-0.4, -0.2) is 35.5 Å². The van der Waals surface area contributed by atoms with Crippen molar-refractivity contribution in [1.82, 2.24) is 15.2 Å². The van der Waals surface area contributed by atoms with Crippen LogP contribution >= 0.6 is 11.3 Å². The predicted molar refractivity (Wildman–Crippen MR) is 74.1 cm³/mol. The lowest BCUT2D eigenvalue weighted by atomic mass is 9.99. The van der Waals surface area contributed by atoms with E-state index >= 15 is 0 Å². The minimum atomic E-state index is 0.0643. The average Bonchev–Trinajstić information content (AvgIpc) is 2.88. The van der Waals surface area contributed by atoms with Crippen LogP contribution in [0, 0.1) is 0 Å². The molecule has 0 saturated carbocycles. The van der Waals surface area contributed by atoms with Crippen molar-refractivity contribution in [2.45, 2.75) is 39.0 Å². The first kappa shape index (κ1) is 13.3. The Morgan fingerprint density at radius 1 is 1.61 bits per heavy atom. The van der Waals surface area contributed by atoms with Crippen molar-refractivity contribution in [3.63, 3.8) is 0 Å². The van der Waals surface area contributed by atoms with E-state index in [9.17, 15) is 4.79 Å². The summed E-state index contributed by atoms with van der Waals surface area (Å²) >= 11 is 1.74. The van der Waals surface area contributed by atoms with Crippen LogP contribution in [0.2, 0.25) is 0 Å². The van der Waals surface area contributed by atoms with E-state index in [-0.39, 0.29) is 6.03 Å². The maximum Gasteiger partial charge on any atom is 0.317 e. The third-order valence-corrected chi connectivity index (χ3v) is 4.37. The van der Waals surface area contributed by atoms with E-state index in [2.05, 4.69) is 22.6 Å². The van der Waals surface area contributed by atoms with Gasteiger partial charge in [-0.1, -0.05) is 6.92 Å². The molecule has 2 amide bonds. The number of urea groups is 1. The first-order valence-electron chi connectivity index (χ1n) is 6.71. The van der Waals surface area contributed by atoms with E-state index in [0.29, 0.717) is 12.5 Å². The van der Waals surface area contributed by atoms with Gasteiger partial charge in [0, 0.05) is 30.9 Å². The van der Waals surface area contributed by atoms with Gasteiger partial charge in [-0.25, -0.2) is 9.78 Å². The number of aromatic nitrogens is 1. The molecular formula is C13H21N3OS. The smallest absolute Gasteiger partial charge is 0.317 e. The molecule has 5 heteroatoms. The Hall–Kier alpha value is -1.10. The topological polar surface area (TPSA) is 45.2 Å². The van der Waals surface area contributed by atoms with E-state index in [4.69, 9.17) is 0 Å². The van der Waals surface area contributed by atoms with Crippen LogP contribution in [0.5, 0.6) is 0 Å². The van der Waals surface area contributed by atoms with Crippen molar-refractivity contribution in [3.05, 3.63) is 16.1 Å². The molecule has 0 bridgehead atoms. The molecule has 1 aliphatic heterocycles. The lowest BCUT2D eigenvalue weighted by Crippen LogP contribution is -2.44. The highest BCUT2D eigenvalue weighted by atomic mass is 32.1. The number of carbonyl (C=O) groups excluding carboxylic acids is 1. The fourth-order valence-corrected chi connectivity index (χ4v) is 3.33. The molecule has 4 nitrogen and oxygen atoms in total. The number of likely N-dealkylation sites (tertiary alicyclic amines) is 1. The summed E-state index contributed by atoms with van der Waals surface area (Å²) in [6.07, 6.45) is 3.21. The van der Waals surface area contributed by atoms with Gasteiger partial charge in [0.05, 0.1) is 10.7 Å². The normalized spacial score (nSPS) is 19.9. The van der Waals surface area contributed by atoms with E-state index in [1.54, 1.807) is 11.3 Å². The van der Waals surface area contributed by atoms with Crippen molar-refractivity contribution in [2.75, 3.05) is 19.6 Å². The molecule has 1 aromatic rings. The van der Waals surface area contributed by atoms with Crippen molar-refractivity contribution < 1.29 is 4.79 Å². The molecule has 1 unspecified atom stereocenters. The van der Waals surface area contributed by atoms with E-state index < -0.39 is 0 Å². The summed E-state index contributed by atoms with van der Waals surface area (Å²) < 4.78 is 0. The quantitative estimate of drug-likeness (QED) is 0.915. The Bertz CT molecular complexity index is 405. The number of thiazole rings is 1. The number of nitrogens with zero attached hydrogens (tertiary/aromatic N) is 2. The van der Waals surface area contributed by atoms with Gasteiger partial charge in [-0.3, -0.25) is 0 Å². The maximum atomic E-state index is 11.8. The van der Waals surface area contributed by atoms with Gasteiger partial charge in [-0.15, -0.1) is 11.3 Å². The Morgan fingerprint density at radius 3 is 3.11 bits per heavy atom. The van der Waals surface area contributed by atoms with Crippen LogP contribution in [0.4, 0.5) is 4.79 Å². The predicted octanol–water partition coefficient (Wildman–Crippen LogP) is 2.61. The summed E-state index contributed by atoms with van der Waals surface area (Å²) in [6, 6.07) is 0.0643. The first-order chi connectivity index (χ1) is 8.74. The zero-order chi connectivity index (χ0) is 13.0. The number of piperidine rings is 1. The second-order valence-electron chi connectivity index (χ2n) is 4.65. The zero-order valence-electron chi connectivity index (χ0n) is 11.1. The first-order valence-corrected chi connectivity index (χ1v) is 7.59. The highest BCUT2D eigenvalue weighted by molar-refractivity contribution is 7.09. The molecule has 2 heterocycles. The maximum absolute atomic E-state index is 11.8. The van der Waals surface area contributed by atoms with Crippen molar-refractivity contribution in [1.29, 1.82) is 0 Å². The van der Waals surface area contributed by atoms with Gasteiger partial charge in [0.25, 0.3) is 0 Å². The van der Waals surface area contributed by atoms with Crippen LogP contribution in [0.15, 0.2) is 5.38 Å². The summed E-state index contributed by atoms with van der Waals surface area (Å²) in [5.41, 5.74) is 1.17. The van der Waals surface area contributed by atoms with E-state index in [0.717, 1.165) is 32.4 Å². The van der Waals surface area contributed by atoms with Crippen LogP contribution in [0.25, 0.3) is 0 Å². The van der Waals surface area contributed by atoms with Gasteiger partial charge >= 0.3 is 6.03 Å². The van der Waals surface area contributed by atoms with Crippen LogP contribution in [-0.2, 0) is 6.42 Å². The van der Waals surface area contributed by atoms with Crippen molar-refractivity contribution >= 4 is 17.4 Å². The molecule has 0 spiro atoms. The lowest BCUT2D eigenvalue weighted by Gasteiger charge is -2.31. The number of carbonyl (C=O) groups is 1. The highest BCUT2D eigenvalue weighted by Gasteiger charge is 2.26. The van der Waals surface area contributed by atoms with Gasteiger partial charge in [-0.05, 0) is 26.2 Å². The largest absolute Gasteiger partial charge is 0.338 e. The lowest BCUT2D eigenvalue weighted by molar-refractivity contribution is 0.180. The molecule has 0 radical (unpaired) electrons. The Morgan fingerprint density at radius 2 is 2.44 bits per heavy atom. The van der Waals surface area contributed by atoms with Gasteiger partial charge in [0.15, 0.2) is 0 Å². The van der Waals surface area contributed by atoms with Crippen molar-refractivity contribution in [3.8, 4) is 0 Å². The number of nitrogens with one attached hydrogen (secondary N) is 1. The summed E-state index contributed by atoms with van der Waals surface area (Å²) in [6.45, 7) is 6.45. The summed E-state index contributed by atoms with van der Waals surface area (Å²) in [4.78, 5) is 18.4. The molecular weight excluding hydrogens is 246 g/mol. The number of hydrogen-bond acceptors (Lipinski definition) is 3. The molecule has 1 aliphatic rings. The molecule has 1 N–H and O–H groups in total. The van der Waals surface area contributed by atoms with Crippen LogP contribution in [0.3, 0.4) is 0 Å². The van der Waals surface area contributed by atoms with Gasteiger partial charge in [0.2, 0.25) is 0 Å². The van der Waals surface area contributed by atoms with E-state index in [1.165, 1.54) is 10.7 Å². The minimum Gasteiger partial charge on any atom is -0.338 e. The monoisotopic (exact) mass is 267 g/mol. The van der Waals surface area contributed by atoms with Gasteiger partial charge in [-0.2, -0.15) is 0 Å². The standard InChI is InChI=1S/C13H21N3OS/c1-3-11-9-18-12(15-11)10-6-5-7-16(8-10)13(17)14-4-2/h9-10H,3-8H2,1-2H3,(H,14,17). The number of rotatable bonds is 3. The molecule has 2 rings (SSSR count). The molecule has 1 fully saturated rings. The fourth-order valence-electron chi connectivity index (χ4n) is 2.30. The Labute approximate surface area is 112 Å². The second kappa shape index (κ2) is 6.18. The molecule has 100 valence electrons. The molecule has 1 saturated heterocycles. The second-order valence-corrected chi connectivity index (χ2v) is 5.54. The van der Waals surface area contributed by atoms with Crippen molar-refractivity contribution in [2.24, 2.45) is 0 Å². The fraction of sp³-hybridized carbons (Fsp3) is 0.692. The van der Waals surface area contributed by atoms with E-state index in [1.807, 2.05) is 11.8 Å². The van der Waals surface area contributed by atoms with Crippen LogP contribution in [0.1, 0.15) is 43.3 Å². The minimum absolute atomic E-state index is 0.0643. The number of amides is 2. The Balaban J connectivity index is 1.99. The SMILES string of the molecule is CCNC(=O)N1CCCC(c2nc(CC)cs2)C1. The highest BCUT2D eigenvalue weighted by Crippen LogP contribution is 2.29. The third kappa shape index (κ3) is 3.02. The number of hydrogen-bond donors (Lipinski definition) is 1.